The zero-order chi connectivity index (χ0) is 25.9. The van der Waals surface area contributed by atoms with Gasteiger partial charge in [-0.1, -0.05) is 30.3 Å². The smallest absolute Gasteiger partial charge is 0.254 e. The van der Waals surface area contributed by atoms with Gasteiger partial charge in [-0.05, 0) is 72.9 Å². The standard InChI is InChI=1S/C30H32N2O5/c1-4-36-25-16-20-14-15-32-28(24(20)17-26(25)37-5-2)27(22-8-6-7-9-23(22)30(32)34)29(33)31-18-19-10-12-21(35-3)13-11-19/h6-13,16-17,27-28H,4-5,14-15,18H2,1-3H3,(H,31,33)/t27-,28-/m1/s1. The molecule has 0 bridgehead atoms. The maximum Gasteiger partial charge on any atom is 0.254 e. The minimum atomic E-state index is -0.557. The predicted molar refractivity (Wildman–Crippen MR) is 140 cm³/mol. The fraction of sp³-hybridized carbons (Fsp3) is 0.333. The largest absolute Gasteiger partial charge is 0.497 e. The highest BCUT2D eigenvalue weighted by atomic mass is 16.5. The van der Waals surface area contributed by atoms with Crippen molar-refractivity contribution in [1.82, 2.24) is 10.2 Å². The van der Waals surface area contributed by atoms with Gasteiger partial charge in [0.15, 0.2) is 11.5 Å². The molecule has 3 aromatic carbocycles. The van der Waals surface area contributed by atoms with E-state index in [1.807, 2.05) is 79.4 Å². The molecule has 0 radical (unpaired) electrons. The Morgan fingerprint density at radius 1 is 0.973 bits per heavy atom. The van der Waals surface area contributed by atoms with E-state index in [-0.39, 0.29) is 11.8 Å². The summed E-state index contributed by atoms with van der Waals surface area (Å²) in [6, 6.07) is 18.6. The monoisotopic (exact) mass is 500 g/mol. The maximum absolute atomic E-state index is 13.9. The van der Waals surface area contributed by atoms with Crippen molar-refractivity contribution in [2.45, 2.75) is 38.8 Å². The number of methoxy groups -OCH3 is 1. The highest BCUT2D eigenvalue weighted by Gasteiger charge is 2.46. The SMILES string of the molecule is CCOc1cc2c(cc1OCC)[C@@H]1[C@H](C(=O)NCc3ccc(OC)cc3)c3ccccc3C(=O)N1CC2. The van der Waals surface area contributed by atoms with Gasteiger partial charge >= 0.3 is 0 Å². The highest BCUT2D eigenvalue weighted by molar-refractivity contribution is 6.01. The molecule has 0 spiro atoms. The van der Waals surface area contributed by atoms with E-state index in [0.29, 0.717) is 49.8 Å². The van der Waals surface area contributed by atoms with Gasteiger partial charge in [0.25, 0.3) is 5.91 Å². The summed E-state index contributed by atoms with van der Waals surface area (Å²) in [4.78, 5) is 29.3. The Morgan fingerprint density at radius 3 is 2.38 bits per heavy atom. The van der Waals surface area contributed by atoms with Gasteiger partial charge in [-0.3, -0.25) is 9.59 Å². The van der Waals surface area contributed by atoms with Crippen LogP contribution in [0, 0.1) is 0 Å². The summed E-state index contributed by atoms with van der Waals surface area (Å²) in [5.41, 5.74) is 4.32. The first-order valence-electron chi connectivity index (χ1n) is 12.8. The summed E-state index contributed by atoms with van der Waals surface area (Å²) >= 11 is 0. The first-order valence-corrected chi connectivity index (χ1v) is 12.8. The van der Waals surface area contributed by atoms with Crippen molar-refractivity contribution >= 4 is 11.8 Å². The molecule has 5 rings (SSSR count). The first kappa shape index (κ1) is 24.7. The van der Waals surface area contributed by atoms with Crippen LogP contribution >= 0.6 is 0 Å². The number of amides is 2. The van der Waals surface area contributed by atoms with Crippen LogP contribution in [0.5, 0.6) is 17.2 Å². The van der Waals surface area contributed by atoms with Crippen molar-refractivity contribution in [2.24, 2.45) is 0 Å². The van der Waals surface area contributed by atoms with Crippen LogP contribution in [-0.2, 0) is 17.8 Å². The Balaban J connectivity index is 1.54. The van der Waals surface area contributed by atoms with Crippen LogP contribution in [0.4, 0.5) is 0 Å². The molecule has 1 N–H and O–H groups in total. The molecular weight excluding hydrogens is 468 g/mol. The lowest BCUT2D eigenvalue weighted by atomic mass is 9.75. The second-order valence-corrected chi connectivity index (χ2v) is 9.19. The van der Waals surface area contributed by atoms with Gasteiger partial charge in [-0.2, -0.15) is 0 Å². The minimum Gasteiger partial charge on any atom is -0.497 e. The zero-order valence-corrected chi connectivity index (χ0v) is 21.5. The van der Waals surface area contributed by atoms with Gasteiger partial charge < -0.3 is 24.4 Å². The molecule has 37 heavy (non-hydrogen) atoms. The number of carbonyl (C=O) groups excluding carboxylic acids is 2. The quantitative estimate of drug-likeness (QED) is 0.487. The molecule has 0 saturated carbocycles. The zero-order valence-electron chi connectivity index (χ0n) is 21.5. The van der Waals surface area contributed by atoms with E-state index in [9.17, 15) is 9.59 Å². The van der Waals surface area contributed by atoms with E-state index >= 15 is 0 Å². The lowest BCUT2D eigenvalue weighted by molar-refractivity contribution is -0.124. The van der Waals surface area contributed by atoms with Crippen molar-refractivity contribution in [2.75, 3.05) is 26.9 Å². The van der Waals surface area contributed by atoms with E-state index in [0.717, 1.165) is 28.0 Å². The molecule has 2 aliphatic heterocycles. The lowest BCUT2D eigenvalue weighted by Gasteiger charge is -2.45. The molecule has 7 nitrogen and oxygen atoms in total. The Bertz CT molecular complexity index is 1300. The molecule has 192 valence electrons. The van der Waals surface area contributed by atoms with E-state index in [4.69, 9.17) is 14.2 Å². The third kappa shape index (κ3) is 4.61. The Morgan fingerprint density at radius 2 is 1.68 bits per heavy atom. The number of nitrogens with zero attached hydrogens (tertiary/aromatic N) is 1. The van der Waals surface area contributed by atoms with Crippen molar-refractivity contribution in [3.63, 3.8) is 0 Å². The highest BCUT2D eigenvalue weighted by Crippen LogP contribution is 2.48. The summed E-state index contributed by atoms with van der Waals surface area (Å²) in [5.74, 6) is 1.37. The minimum absolute atomic E-state index is 0.0442. The number of benzene rings is 3. The number of hydrogen-bond donors (Lipinski definition) is 1. The summed E-state index contributed by atoms with van der Waals surface area (Å²) < 4.78 is 17.0. The van der Waals surface area contributed by atoms with E-state index in [1.165, 1.54) is 0 Å². The molecule has 0 aliphatic carbocycles. The number of fused-ring (bicyclic) bond motifs is 4. The number of hydrogen-bond acceptors (Lipinski definition) is 5. The van der Waals surface area contributed by atoms with Crippen molar-refractivity contribution in [3.05, 3.63) is 88.5 Å². The number of ether oxygens (including phenoxy) is 3. The molecule has 2 atom stereocenters. The molecule has 3 aromatic rings. The summed E-state index contributed by atoms with van der Waals surface area (Å²) in [7, 11) is 1.63. The summed E-state index contributed by atoms with van der Waals surface area (Å²) in [5, 5.41) is 3.12. The Labute approximate surface area is 217 Å². The number of carbonyl (C=O) groups is 2. The molecule has 0 aromatic heterocycles. The van der Waals surface area contributed by atoms with Crippen LogP contribution in [0.3, 0.4) is 0 Å². The van der Waals surface area contributed by atoms with Crippen molar-refractivity contribution in [3.8, 4) is 17.2 Å². The van der Waals surface area contributed by atoms with Crippen LogP contribution < -0.4 is 19.5 Å². The third-order valence-electron chi connectivity index (χ3n) is 7.09. The van der Waals surface area contributed by atoms with Crippen molar-refractivity contribution < 1.29 is 23.8 Å². The Kier molecular flexibility index (Phi) is 7.04. The van der Waals surface area contributed by atoms with Gasteiger partial charge in [-0.25, -0.2) is 0 Å². The first-order chi connectivity index (χ1) is 18.0. The molecule has 0 fully saturated rings. The second kappa shape index (κ2) is 10.5. The van der Waals surface area contributed by atoms with Crippen LogP contribution in [0.1, 0.15) is 58.4 Å². The second-order valence-electron chi connectivity index (χ2n) is 9.19. The average Bonchev–Trinajstić information content (AvgIpc) is 2.93. The van der Waals surface area contributed by atoms with E-state index in [1.54, 1.807) is 7.11 Å². The summed E-state index contributed by atoms with van der Waals surface area (Å²) in [6.45, 7) is 5.79. The molecule has 2 aliphatic rings. The molecule has 2 heterocycles. The van der Waals surface area contributed by atoms with Gasteiger partial charge in [0, 0.05) is 18.7 Å². The van der Waals surface area contributed by atoms with Crippen molar-refractivity contribution in [1.29, 1.82) is 0 Å². The molecule has 2 amide bonds. The van der Waals surface area contributed by atoms with Crippen LogP contribution in [0.2, 0.25) is 0 Å². The maximum atomic E-state index is 13.9. The van der Waals surface area contributed by atoms with E-state index in [2.05, 4.69) is 5.32 Å². The van der Waals surface area contributed by atoms with E-state index < -0.39 is 12.0 Å². The van der Waals surface area contributed by atoms with Gasteiger partial charge in [0.2, 0.25) is 5.91 Å². The van der Waals surface area contributed by atoms with Crippen LogP contribution in [0.25, 0.3) is 0 Å². The molecule has 0 unspecified atom stereocenters. The van der Waals surface area contributed by atoms with Gasteiger partial charge in [0.1, 0.15) is 5.75 Å². The third-order valence-corrected chi connectivity index (χ3v) is 7.09. The topological polar surface area (TPSA) is 77.1 Å². The fourth-order valence-corrected chi connectivity index (χ4v) is 5.40. The molecular formula is C30H32N2O5. The average molecular weight is 501 g/mol. The van der Waals surface area contributed by atoms with Crippen LogP contribution in [-0.4, -0.2) is 43.6 Å². The van der Waals surface area contributed by atoms with Crippen LogP contribution in [0.15, 0.2) is 60.7 Å². The van der Waals surface area contributed by atoms with Gasteiger partial charge in [0.05, 0.1) is 32.3 Å². The normalized spacial score (nSPS) is 17.8. The Hall–Kier alpha value is -4.00. The molecule has 0 saturated heterocycles. The fourth-order valence-electron chi connectivity index (χ4n) is 5.40. The summed E-state index contributed by atoms with van der Waals surface area (Å²) in [6.07, 6.45) is 0.687. The lowest BCUT2D eigenvalue weighted by Crippen LogP contribution is -2.50. The number of nitrogens with one attached hydrogen (secondary N) is 1. The van der Waals surface area contributed by atoms with Gasteiger partial charge in [-0.15, -0.1) is 0 Å². The predicted octanol–water partition coefficient (Wildman–Crippen LogP) is 4.65. The molecule has 7 heteroatoms. The number of rotatable bonds is 8.